The number of aromatic nitrogens is 2. The van der Waals surface area contributed by atoms with E-state index in [4.69, 9.17) is 20.9 Å². The number of piperazine rings is 1. The fourth-order valence-corrected chi connectivity index (χ4v) is 9.74. The highest BCUT2D eigenvalue weighted by atomic mass is 32.2. The molecule has 0 radical (unpaired) electrons. The van der Waals surface area contributed by atoms with E-state index in [1.54, 1.807) is 0 Å². The maximum atomic E-state index is 17.4. The van der Waals surface area contributed by atoms with Crippen molar-refractivity contribution in [2.24, 2.45) is 10.8 Å². The van der Waals surface area contributed by atoms with Crippen LogP contribution in [0.25, 0.3) is 32.8 Å². The van der Waals surface area contributed by atoms with Crippen LogP contribution >= 0.6 is 11.8 Å². The molecular weight excluding hydrogens is 714 g/mol. The highest BCUT2D eigenvalue weighted by Gasteiger charge is 2.51. The van der Waals surface area contributed by atoms with Gasteiger partial charge in [-0.15, -0.1) is 6.42 Å². The lowest BCUT2D eigenvalue weighted by molar-refractivity contribution is -0.0884. The van der Waals surface area contributed by atoms with Crippen LogP contribution < -0.4 is 15.0 Å². The van der Waals surface area contributed by atoms with Crippen LogP contribution in [0, 0.1) is 34.8 Å². The number of phenolic OH excluding ortho intramolecular Hbond substituents is 1. The van der Waals surface area contributed by atoms with E-state index < -0.39 is 39.4 Å². The predicted octanol–water partition coefficient (Wildman–Crippen LogP) is 7.24. The van der Waals surface area contributed by atoms with Crippen LogP contribution in [0.15, 0.2) is 35.2 Å². The summed E-state index contributed by atoms with van der Waals surface area (Å²) >= 11 is -0.497. The van der Waals surface area contributed by atoms with Crippen molar-refractivity contribution in [1.29, 1.82) is 0 Å². The number of alkyl halides is 3. The molecule has 1 saturated carbocycles. The minimum atomic E-state index is -4.82. The summed E-state index contributed by atoms with van der Waals surface area (Å²) in [5, 5.41) is 14.6. The molecule has 0 amide bonds. The highest BCUT2D eigenvalue weighted by molar-refractivity contribution is 8.00. The fourth-order valence-electron chi connectivity index (χ4n) is 9.01. The molecule has 4 aromatic rings. The number of fused-ring (bicyclic) bond motifs is 4. The first-order valence-electron chi connectivity index (χ1n) is 18.1. The van der Waals surface area contributed by atoms with Gasteiger partial charge in [0, 0.05) is 90.1 Å². The number of ether oxygens (including phenoxy) is 2. The molecule has 2 unspecified atom stereocenters. The summed E-state index contributed by atoms with van der Waals surface area (Å²) in [6, 6.07) is 6.34. The van der Waals surface area contributed by atoms with Gasteiger partial charge in [-0.1, -0.05) is 12.0 Å². The van der Waals surface area contributed by atoms with Crippen molar-refractivity contribution >= 4 is 39.3 Å². The Labute approximate surface area is 307 Å². The van der Waals surface area contributed by atoms with Crippen molar-refractivity contribution in [2.75, 3.05) is 57.4 Å². The molecule has 1 aromatic heterocycles. The van der Waals surface area contributed by atoms with Crippen LogP contribution in [0.5, 0.6) is 11.8 Å². The van der Waals surface area contributed by atoms with Crippen molar-refractivity contribution in [2.45, 2.75) is 61.0 Å². The monoisotopic (exact) mass is 751 g/mol. The number of hydrogen-bond donors (Lipinski definition) is 2. The Morgan fingerprint density at radius 3 is 2.45 bits per heavy atom. The normalized spacial score (nSPS) is 23.4. The van der Waals surface area contributed by atoms with Gasteiger partial charge in [0.15, 0.2) is 5.82 Å². The van der Waals surface area contributed by atoms with Gasteiger partial charge in [0.1, 0.15) is 22.9 Å². The van der Waals surface area contributed by atoms with Gasteiger partial charge in [-0.05, 0) is 85.5 Å². The van der Waals surface area contributed by atoms with Gasteiger partial charge in [-0.25, -0.2) is 8.78 Å². The van der Waals surface area contributed by atoms with E-state index in [9.17, 15) is 18.3 Å². The molecule has 5 heterocycles. The number of nitrogens with one attached hydrogen (secondary N) is 1. The van der Waals surface area contributed by atoms with Crippen molar-refractivity contribution in [3.63, 3.8) is 0 Å². The van der Waals surface area contributed by atoms with E-state index in [-0.39, 0.29) is 62.1 Å². The van der Waals surface area contributed by atoms with Gasteiger partial charge in [0.05, 0.1) is 12.2 Å². The molecule has 4 aliphatic heterocycles. The SMILES string of the molecule is C#Cc1c(F)ccc2cc(O)cc(-c3c(SC(F)(F)F)cc4c(N5CC6CCC(C5)N6)nc(OCC5(CN6CC7(CCOCC7)C6)CC5)nc4c3F)c12. The third kappa shape index (κ3) is 6.53. The first-order chi connectivity index (χ1) is 25.4. The van der Waals surface area contributed by atoms with Crippen LogP contribution in [-0.2, 0) is 4.74 Å². The lowest BCUT2D eigenvalue weighted by atomic mass is 9.73. The molecule has 9 rings (SSSR count). The standard InChI is InChI=1S/C39H38F5N5O3S/c1-2-26-29(40)6-3-22-13-25(50)14-27(31(22)26)32-30(53-39(42,43)44)15-28-34(33(32)41)46-36(47-35(28)49-16-23-4-5-24(17-49)45-23)52-21-38(7-8-38)20-48-18-37(19-48)9-11-51-12-10-37/h1,3,6,13-15,23-24,45,50H,4-5,7-12,16-21H2. The van der Waals surface area contributed by atoms with E-state index >= 15 is 8.78 Å². The average Bonchev–Trinajstić information content (AvgIpc) is 3.79. The topological polar surface area (TPSA) is 83.0 Å². The zero-order valence-corrected chi connectivity index (χ0v) is 29.7. The molecule has 2 N–H and O–H groups in total. The molecule has 3 aromatic carbocycles. The summed E-state index contributed by atoms with van der Waals surface area (Å²) in [4.78, 5) is 13.3. The number of likely N-dealkylation sites (tertiary alicyclic amines) is 1. The van der Waals surface area contributed by atoms with Crippen molar-refractivity contribution < 1.29 is 36.5 Å². The molecule has 8 nitrogen and oxygen atoms in total. The highest BCUT2D eigenvalue weighted by Crippen LogP contribution is 2.51. The van der Waals surface area contributed by atoms with Gasteiger partial charge in [-0.2, -0.15) is 23.1 Å². The second-order valence-corrected chi connectivity index (χ2v) is 16.7. The Hall–Kier alpha value is -3.90. The number of thioether (sulfide) groups is 1. The molecule has 278 valence electrons. The van der Waals surface area contributed by atoms with Crippen molar-refractivity contribution in [1.82, 2.24) is 20.2 Å². The number of halogens is 5. The first-order valence-corrected chi connectivity index (χ1v) is 18.9. The summed E-state index contributed by atoms with van der Waals surface area (Å²) < 4.78 is 87.1. The van der Waals surface area contributed by atoms with Gasteiger partial charge in [0.25, 0.3) is 0 Å². The number of hydrogen-bond acceptors (Lipinski definition) is 9. The number of anilines is 1. The number of rotatable bonds is 8. The molecule has 5 aliphatic rings. The fraction of sp³-hybridized carbons (Fsp3) is 0.487. The third-order valence-electron chi connectivity index (χ3n) is 11.8. The number of aromatic hydroxyl groups is 1. The minimum Gasteiger partial charge on any atom is -0.508 e. The van der Waals surface area contributed by atoms with Crippen LogP contribution in [0.2, 0.25) is 0 Å². The molecule has 2 atom stereocenters. The largest absolute Gasteiger partial charge is 0.508 e. The Bertz CT molecular complexity index is 2150. The predicted molar refractivity (Wildman–Crippen MR) is 192 cm³/mol. The first kappa shape index (κ1) is 34.8. The smallest absolute Gasteiger partial charge is 0.446 e. The second-order valence-electron chi connectivity index (χ2n) is 15.6. The van der Waals surface area contributed by atoms with E-state index in [0.717, 1.165) is 83.5 Å². The summed E-state index contributed by atoms with van der Waals surface area (Å²) in [7, 11) is 0. The molecule has 2 bridgehead atoms. The third-order valence-corrected chi connectivity index (χ3v) is 12.5. The van der Waals surface area contributed by atoms with Gasteiger partial charge in [-0.3, -0.25) is 0 Å². The molecule has 5 fully saturated rings. The van der Waals surface area contributed by atoms with Crippen LogP contribution in [0.4, 0.5) is 27.8 Å². The molecule has 4 saturated heterocycles. The van der Waals surface area contributed by atoms with E-state index in [0.29, 0.717) is 30.9 Å². The Morgan fingerprint density at radius 1 is 1.04 bits per heavy atom. The molecule has 53 heavy (non-hydrogen) atoms. The van der Waals surface area contributed by atoms with Gasteiger partial charge in [0.2, 0.25) is 0 Å². The van der Waals surface area contributed by atoms with Crippen molar-refractivity contribution in [3.05, 3.63) is 47.5 Å². The van der Waals surface area contributed by atoms with Crippen LogP contribution in [0.1, 0.15) is 44.1 Å². The van der Waals surface area contributed by atoms with Gasteiger partial charge >= 0.3 is 11.5 Å². The van der Waals surface area contributed by atoms with Crippen molar-refractivity contribution in [3.8, 4) is 35.2 Å². The molecule has 1 spiro atoms. The van der Waals surface area contributed by atoms with E-state index in [1.165, 1.54) is 18.2 Å². The zero-order chi connectivity index (χ0) is 36.7. The maximum absolute atomic E-state index is 17.4. The Kier molecular flexibility index (Phi) is 8.45. The summed E-state index contributed by atoms with van der Waals surface area (Å²) in [6.45, 7) is 5.90. The summed E-state index contributed by atoms with van der Waals surface area (Å²) in [5.41, 5.74) is -5.76. The lowest BCUT2D eigenvalue weighted by Gasteiger charge is -2.53. The number of benzene rings is 3. The molecular formula is C39H38F5N5O3S. The van der Waals surface area contributed by atoms with Gasteiger partial charge < -0.3 is 29.7 Å². The van der Waals surface area contributed by atoms with E-state index in [2.05, 4.69) is 21.1 Å². The number of terminal acetylenes is 1. The van der Waals surface area contributed by atoms with E-state index in [1.807, 2.05) is 4.90 Å². The molecule has 1 aliphatic carbocycles. The second kappa shape index (κ2) is 12.9. The number of phenols is 1. The summed E-state index contributed by atoms with van der Waals surface area (Å²) in [5.74, 6) is 0.324. The summed E-state index contributed by atoms with van der Waals surface area (Å²) in [6.07, 6.45) is 11.6. The maximum Gasteiger partial charge on any atom is 0.446 e. The lowest BCUT2D eigenvalue weighted by Crippen LogP contribution is -2.59. The quantitative estimate of drug-likeness (QED) is 0.110. The van der Waals surface area contributed by atoms with Crippen LogP contribution in [-0.4, -0.2) is 90.1 Å². The Balaban J connectivity index is 1.15. The average molecular weight is 752 g/mol. The zero-order valence-electron chi connectivity index (χ0n) is 28.9. The Morgan fingerprint density at radius 2 is 1.77 bits per heavy atom. The number of nitrogens with zero attached hydrogens (tertiary/aromatic N) is 4. The van der Waals surface area contributed by atoms with Crippen LogP contribution in [0.3, 0.4) is 0 Å². The minimum absolute atomic E-state index is 0.00112. The molecule has 14 heteroatoms.